The fourth-order valence-electron chi connectivity index (χ4n) is 2.25. The molecular weight excluding hydrogens is 270 g/mol. The van der Waals surface area contributed by atoms with Crippen molar-refractivity contribution in [3.05, 3.63) is 29.8 Å². The third-order valence-electron chi connectivity index (χ3n) is 3.48. The van der Waals surface area contributed by atoms with Gasteiger partial charge in [-0.15, -0.1) is 0 Å². The molecule has 2 N–H and O–H groups in total. The molecule has 1 amide bonds. The third-order valence-corrected chi connectivity index (χ3v) is 3.48. The van der Waals surface area contributed by atoms with Crippen LogP contribution in [0.2, 0.25) is 0 Å². The number of amides is 1. The Morgan fingerprint density at radius 1 is 1.62 bits per heavy atom. The van der Waals surface area contributed by atoms with Gasteiger partial charge in [-0.1, -0.05) is 6.07 Å². The zero-order valence-electron chi connectivity index (χ0n) is 12.0. The molecule has 21 heavy (non-hydrogen) atoms. The van der Waals surface area contributed by atoms with Gasteiger partial charge in [0.15, 0.2) is 0 Å². The quantitative estimate of drug-likeness (QED) is 0.804. The number of hydrogen-bond donors (Lipinski definition) is 2. The smallest absolute Gasteiger partial charge is 0.237 e. The Balaban J connectivity index is 1.83. The molecule has 112 valence electrons. The molecule has 6 heteroatoms. The average Bonchev–Trinajstić information content (AvgIpc) is 2.50. The molecule has 6 nitrogen and oxygen atoms in total. The van der Waals surface area contributed by atoms with Crippen LogP contribution in [0.1, 0.15) is 12.5 Å². The van der Waals surface area contributed by atoms with Crippen molar-refractivity contribution in [2.24, 2.45) is 0 Å². The Morgan fingerprint density at radius 3 is 3.19 bits per heavy atom. The van der Waals surface area contributed by atoms with E-state index in [1.165, 1.54) is 0 Å². The molecule has 0 aliphatic carbocycles. The molecule has 1 fully saturated rings. The molecule has 2 atom stereocenters. The molecule has 1 saturated heterocycles. The molecule has 1 aliphatic heterocycles. The second-order valence-electron chi connectivity index (χ2n) is 5.07. The van der Waals surface area contributed by atoms with E-state index in [-0.39, 0.29) is 18.6 Å². The van der Waals surface area contributed by atoms with Gasteiger partial charge < -0.3 is 15.2 Å². The molecule has 0 radical (unpaired) electrons. The summed E-state index contributed by atoms with van der Waals surface area (Å²) in [5, 5.41) is 21.6. The van der Waals surface area contributed by atoms with Gasteiger partial charge in [0.1, 0.15) is 18.5 Å². The molecule has 1 aromatic rings. The maximum absolute atomic E-state index is 11.5. The van der Waals surface area contributed by atoms with Crippen LogP contribution in [-0.2, 0) is 4.79 Å². The highest BCUT2D eigenvalue weighted by Gasteiger charge is 2.26. The van der Waals surface area contributed by atoms with Crippen molar-refractivity contribution in [1.82, 2.24) is 10.2 Å². The SMILES string of the molecule is CC1C(=O)NCCN1CC(O)COc1cccc(C#N)c1. The molecule has 1 heterocycles. The Kier molecular flexibility index (Phi) is 5.14. The number of carbonyl (C=O) groups excluding carboxylic acids is 1. The first-order valence-electron chi connectivity index (χ1n) is 6.93. The summed E-state index contributed by atoms with van der Waals surface area (Å²) in [6.07, 6.45) is -0.691. The summed E-state index contributed by atoms with van der Waals surface area (Å²) in [7, 11) is 0. The van der Waals surface area contributed by atoms with Gasteiger partial charge in [-0.3, -0.25) is 9.69 Å². The highest BCUT2D eigenvalue weighted by atomic mass is 16.5. The van der Waals surface area contributed by atoms with Crippen molar-refractivity contribution in [1.29, 1.82) is 5.26 Å². The first-order valence-corrected chi connectivity index (χ1v) is 6.93. The van der Waals surface area contributed by atoms with Gasteiger partial charge in [-0.25, -0.2) is 0 Å². The molecular formula is C15H19N3O3. The Bertz CT molecular complexity index is 541. The number of nitriles is 1. The molecule has 1 aromatic carbocycles. The van der Waals surface area contributed by atoms with Crippen molar-refractivity contribution >= 4 is 5.91 Å². The summed E-state index contributed by atoms with van der Waals surface area (Å²) < 4.78 is 5.49. The fourth-order valence-corrected chi connectivity index (χ4v) is 2.25. The minimum absolute atomic E-state index is 0.0175. The van der Waals surface area contributed by atoms with Crippen LogP contribution in [0, 0.1) is 11.3 Å². The van der Waals surface area contributed by atoms with Gasteiger partial charge in [0.2, 0.25) is 5.91 Å². The second kappa shape index (κ2) is 7.07. The fraction of sp³-hybridized carbons (Fsp3) is 0.467. The zero-order chi connectivity index (χ0) is 15.2. The van der Waals surface area contributed by atoms with E-state index in [0.29, 0.717) is 30.9 Å². The second-order valence-corrected chi connectivity index (χ2v) is 5.07. The van der Waals surface area contributed by atoms with Crippen LogP contribution in [-0.4, -0.2) is 54.3 Å². The Hall–Kier alpha value is -2.10. The van der Waals surface area contributed by atoms with Crippen LogP contribution in [0.5, 0.6) is 5.75 Å². The summed E-state index contributed by atoms with van der Waals surface area (Å²) in [6, 6.07) is 8.59. The lowest BCUT2D eigenvalue weighted by atomic mass is 10.2. The van der Waals surface area contributed by atoms with E-state index in [9.17, 15) is 9.90 Å². The predicted molar refractivity (Wildman–Crippen MR) is 76.7 cm³/mol. The average molecular weight is 289 g/mol. The van der Waals surface area contributed by atoms with Gasteiger partial charge in [-0.2, -0.15) is 5.26 Å². The number of nitrogens with zero attached hydrogens (tertiary/aromatic N) is 2. The molecule has 0 aromatic heterocycles. The summed E-state index contributed by atoms with van der Waals surface area (Å²) in [5.41, 5.74) is 0.517. The van der Waals surface area contributed by atoms with Gasteiger partial charge in [0.05, 0.1) is 17.7 Å². The lowest BCUT2D eigenvalue weighted by molar-refractivity contribution is -0.129. The monoisotopic (exact) mass is 289 g/mol. The van der Waals surface area contributed by atoms with Gasteiger partial charge >= 0.3 is 0 Å². The molecule has 0 saturated carbocycles. The standard InChI is InChI=1S/C15H19N3O3/c1-11-15(20)17-5-6-18(11)9-13(19)10-21-14-4-2-3-12(7-14)8-16/h2-4,7,11,13,19H,5-6,9-10H2,1H3,(H,17,20). The Morgan fingerprint density at radius 2 is 2.43 bits per heavy atom. The summed E-state index contributed by atoms with van der Waals surface area (Å²) in [4.78, 5) is 13.5. The zero-order valence-corrected chi connectivity index (χ0v) is 12.0. The van der Waals surface area contributed by atoms with Crippen LogP contribution in [0.4, 0.5) is 0 Å². The molecule has 1 aliphatic rings. The van der Waals surface area contributed by atoms with Crippen molar-refractivity contribution in [2.75, 3.05) is 26.2 Å². The van der Waals surface area contributed by atoms with Crippen molar-refractivity contribution in [2.45, 2.75) is 19.1 Å². The number of piperazine rings is 1. The molecule has 2 unspecified atom stereocenters. The van der Waals surface area contributed by atoms with E-state index in [4.69, 9.17) is 10.00 Å². The first-order chi connectivity index (χ1) is 10.1. The van der Waals surface area contributed by atoms with Crippen LogP contribution in [0.25, 0.3) is 0 Å². The van der Waals surface area contributed by atoms with Crippen LogP contribution >= 0.6 is 0 Å². The van der Waals surface area contributed by atoms with Gasteiger partial charge in [0, 0.05) is 19.6 Å². The number of β-amino-alcohol motifs (C(OH)–C–C–N with tert-alkyl or cyclic N) is 1. The first kappa shape index (κ1) is 15.3. The largest absolute Gasteiger partial charge is 0.491 e. The van der Waals surface area contributed by atoms with Gasteiger partial charge in [0.25, 0.3) is 0 Å². The number of aliphatic hydroxyl groups excluding tert-OH is 1. The maximum Gasteiger partial charge on any atom is 0.237 e. The van der Waals surface area contributed by atoms with E-state index in [1.807, 2.05) is 17.9 Å². The van der Waals surface area contributed by atoms with E-state index in [0.717, 1.165) is 0 Å². The van der Waals surface area contributed by atoms with Crippen LogP contribution in [0.15, 0.2) is 24.3 Å². The van der Waals surface area contributed by atoms with Crippen molar-refractivity contribution < 1.29 is 14.6 Å². The summed E-state index contributed by atoms with van der Waals surface area (Å²) in [5.74, 6) is 0.536. The summed E-state index contributed by atoms with van der Waals surface area (Å²) >= 11 is 0. The number of ether oxygens (including phenoxy) is 1. The third kappa shape index (κ3) is 4.18. The number of rotatable bonds is 5. The van der Waals surface area contributed by atoms with Crippen molar-refractivity contribution in [3.8, 4) is 11.8 Å². The predicted octanol–water partition coefficient (Wildman–Crippen LogP) is 0.118. The topological polar surface area (TPSA) is 85.6 Å². The highest BCUT2D eigenvalue weighted by molar-refractivity contribution is 5.81. The Labute approximate surface area is 123 Å². The van der Waals surface area contributed by atoms with Crippen molar-refractivity contribution in [3.63, 3.8) is 0 Å². The molecule has 0 bridgehead atoms. The lowest BCUT2D eigenvalue weighted by Gasteiger charge is -2.33. The minimum Gasteiger partial charge on any atom is -0.491 e. The number of carbonyl (C=O) groups is 1. The minimum atomic E-state index is -0.691. The number of nitrogens with one attached hydrogen (secondary N) is 1. The lowest BCUT2D eigenvalue weighted by Crippen LogP contribution is -2.55. The maximum atomic E-state index is 11.5. The van der Waals surface area contributed by atoms with Crippen LogP contribution < -0.4 is 10.1 Å². The van der Waals surface area contributed by atoms with E-state index in [2.05, 4.69) is 5.32 Å². The van der Waals surface area contributed by atoms with E-state index in [1.54, 1.807) is 24.3 Å². The summed E-state index contributed by atoms with van der Waals surface area (Å²) in [6.45, 7) is 3.64. The number of benzene rings is 1. The van der Waals surface area contributed by atoms with Gasteiger partial charge in [-0.05, 0) is 25.1 Å². The van der Waals surface area contributed by atoms with E-state index < -0.39 is 6.10 Å². The highest BCUT2D eigenvalue weighted by Crippen LogP contribution is 2.13. The molecule has 0 spiro atoms. The number of hydrogen-bond acceptors (Lipinski definition) is 5. The number of aliphatic hydroxyl groups is 1. The van der Waals surface area contributed by atoms with Crippen LogP contribution in [0.3, 0.4) is 0 Å². The normalized spacial score (nSPS) is 20.4. The van der Waals surface area contributed by atoms with E-state index >= 15 is 0 Å². The molecule has 2 rings (SSSR count).